The van der Waals surface area contributed by atoms with Gasteiger partial charge in [-0.05, 0) is 30.5 Å². The molecule has 15 heavy (non-hydrogen) atoms. The lowest BCUT2D eigenvalue weighted by molar-refractivity contribution is -0.119. The second-order valence-corrected chi connectivity index (χ2v) is 3.29. The fourth-order valence-electron chi connectivity index (χ4n) is 1.20. The first kappa shape index (κ1) is 11.7. The van der Waals surface area contributed by atoms with Gasteiger partial charge in [0.25, 0.3) is 0 Å². The van der Waals surface area contributed by atoms with Crippen molar-refractivity contribution in [1.29, 1.82) is 0 Å². The highest BCUT2D eigenvalue weighted by Gasteiger charge is 1.95. The van der Waals surface area contributed by atoms with Crippen LogP contribution >= 0.6 is 0 Å². The third kappa shape index (κ3) is 5.80. The van der Waals surface area contributed by atoms with Crippen LogP contribution in [-0.4, -0.2) is 24.1 Å². The predicted octanol–water partition coefficient (Wildman–Crippen LogP) is 0.906. The molecule has 0 aliphatic heterocycles. The summed E-state index contributed by atoms with van der Waals surface area (Å²) >= 11 is 0. The van der Waals surface area contributed by atoms with E-state index in [9.17, 15) is 4.79 Å². The minimum absolute atomic E-state index is 0.301. The molecule has 0 fully saturated rings. The van der Waals surface area contributed by atoms with Crippen molar-refractivity contribution in [3.63, 3.8) is 0 Å². The minimum atomic E-state index is -0.316. The van der Waals surface area contributed by atoms with Crippen molar-refractivity contribution in [2.45, 2.75) is 19.3 Å². The topological polar surface area (TPSA) is 65.2 Å². The first-order chi connectivity index (χ1) is 7.29. The quantitative estimate of drug-likeness (QED) is 0.677. The Hall–Kier alpha value is -1.42. The van der Waals surface area contributed by atoms with Crippen LogP contribution in [0, 0.1) is 0 Å². The molecule has 0 aliphatic carbocycles. The Morgan fingerprint density at radius 2 is 2.07 bits per heavy atom. The lowest BCUT2D eigenvalue weighted by Gasteiger charge is -2.02. The van der Waals surface area contributed by atoms with Crippen LogP contribution in [-0.2, 0) is 16.0 Å². The van der Waals surface area contributed by atoms with Crippen LogP contribution < -0.4 is 5.73 Å². The highest BCUT2D eigenvalue weighted by atomic mass is 16.5. The van der Waals surface area contributed by atoms with E-state index >= 15 is 0 Å². The summed E-state index contributed by atoms with van der Waals surface area (Å²) in [6.45, 7) is 1.08. The highest BCUT2D eigenvalue weighted by molar-refractivity contribution is 5.73. The van der Waals surface area contributed by atoms with Crippen molar-refractivity contribution in [3.8, 4) is 0 Å². The third-order valence-corrected chi connectivity index (χ3v) is 2.00. The van der Waals surface area contributed by atoms with Gasteiger partial charge in [0.1, 0.15) is 0 Å². The van der Waals surface area contributed by atoms with E-state index in [0.29, 0.717) is 19.6 Å². The van der Waals surface area contributed by atoms with E-state index in [2.05, 4.69) is 4.98 Å². The molecule has 1 rings (SSSR count). The molecular weight excluding hydrogens is 192 g/mol. The van der Waals surface area contributed by atoms with E-state index < -0.39 is 0 Å². The number of hydrogen-bond donors (Lipinski definition) is 1. The number of hydrogen-bond acceptors (Lipinski definition) is 3. The van der Waals surface area contributed by atoms with Gasteiger partial charge in [0, 0.05) is 25.4 Å². The molecule has 0 saturated carbocycles. The summed E-state index contributed by atoms with van der Waals surface area (Å²) in [6, 6.07) is 3.98. The summed E-state index contributed by atoms with van der Waals surface area (Å²) in [5, 5.41) is 0. The molecule has 1 aromatic rings. The average Bonchev–Trinajstić information content (AvgIpc) is 2.24. The largest absolute Gasteiger partial charge is 0.381 e. The first-order valence-corrected chi connectivity index (χ1v) is 5.04. The summed E-state index contributed by atoms with van der Waals surface area (Å²) in [4.78, 5) is 14.3. The molecule has 0 aromatic carbocycles. The van der Waals surface area contributed by atoms with Gasteiger partial charge in [-0.25, -0.2) is 0 Å². The van der Waals surface area contributed by atoms with Gasteiger partial charge < -0.3 is 10.5 Å². The number of carbonyl (C=O) groups excluding carboxylic acids is 1. The normalized spacial score (nSPS) is 10.1. The van der Waals surface area contributed by atoms with Gasteiger partial charge in [0.05, 0.1) is 6.61 Å². The van der Waals surface area contributed by atoms with Crippen molar-refractivity contribution in [3.05, 3.63) is 30.1 Å². The molecule has 0 bridgehead atoms. The monoisotopic (exact) mass is 208 g/mol. The van der Waals surface area contributed by atoms with Gasteiger partial charge in [0.2, 0.25) is 5.91 Å². The zero-order chi connectivity index (χ0) is 10.9. The van der Waals surface area contributed by atoms with Crippen LogP contribution in [0.15, 0.2) is 24.5 Å². The number of nitrogens with zero attached hydrogens (tertiary/aromatic N) is 1. The molecule has 82 valence electrons. The van der Waals surface area contributed by atoms with E-state index in [0.717, 1.165) is 12.8 Å². The number of ether oxygens (including phenoxy) is 1. The number of rotatable bonds is 7. The van der Waals surface area contributed by atoms with Gasteiger partial charge in [-0.2, -0.15) is 0 Å². The van der Waals surface area contributed by atoms with Gasteiger partial charge >= 0.3 is 0 Å². The smallest absolute Gasteiger partial charge is 0.219 e. The number of pyridine rings is 1. The fourth-order valence-corrected chi connectivity index (χ4v) is 1.20. The van der Waals surface area contributed by atoms with Crippen molar-refractivity contribution in [2.24, 2.45) is 5.73 Å². The van der Waals surface area contributed by atoms with Gasteiger partial charge in [-0.15, -0.1) is 0 Å². The Morgan fingerprint density at radius 3 is 2.73 bits per heavy atom. The van der Waals surface area contributed by atoms with Crippen LogP contribution in [0.4, 0.5) is 0 Å². The standard InChI is InChI=1S/C11H16N2O2/c12-11(14)5-9-15-8-1-2-10-3-6-13-7-4-10/h3-4,6-7H,1-2,5,8-9H2,(H2,12,14). The lowest BCUT2D eigenvalue weighted by Crippen LogP contribution is -2.13. The molecule has 4 heteroatoms. The summed E-state index contributed by atoms with van der Waals surface area (Å²) in [5.74, 6) is -0.316. The Morgan fingerprint density at radius 1 is 1.33 bits per heavy atom. The van der Waals surface area contributed by atoms with Crippen LogP contribution in [0.5, 0.6) is 0 Å². The Balaban J connectivity index is 2.00. The van der Waals surface area contributed by atoms with Crippen molar-refractivity contribution in [1.82, 2.24) is 4.98 Å². The predicted molar refractivity (Wildman–Crippen MR) is 57.2 cm³/mol. The maximum atomic E-state index is 10.4. The summed E-state index contributed by atoms with van der Waals surface area (Å²) in [5.41, 5.74) is 6.23. The number of nitrogens with two attached hydrogens (primary N) is 1. The maximum absolute atomic E-state index is 10.4. The van der Waals surface area contributed by atoms with Gasteiger partial charge in [-0.3, -0.25) is 9.78 Å². The number of primary amides is 1. The Labute approximate surface area is 89.5 Å². The van der Waals surface area contributed by atoms with Gasteiger partial charge in [0.15, 0.2) is 0 Å². The first-order valence-electron chi connectivity index (χ1n) is 5.04. The SMILES string of the molecule is NC(=O)CCOCCCc1ccncc1. The molecule has 1 heterocycles. The Bertz CT molecular complexity index is 288. The number of amides is 1. The number of aromatic nitrogens is 1. The van der Waals surface area contributed by atoms with Crippen molar-refractivity contribution < 1.29 is 9.53 Å². The zero-order valence-electron chi connectivity index (χ0n) is 8.69. The molecule has 4 nitrogen and oxygen atoms in total. The van der Waals surface area contributed by atoms with Crippen LogP contribution in [0.2, 0.25) is 0 Å². The summed E-state index contributed by atoms with van der Waals surface area (Å²) < 4.78 is 5.25. The zero-order valence-corrected chi connectivity index (χ0v) is 8.69. The minimum Gasteiger partial charge on any atom is -0.381 e. The van der Waals surface area contributed by atoms with E-state index in [-0.39, 0.29) is 5.91 Å². The van der Waals surface area contributed by atoms with E-state index in [4.69, 9.17) is 10.5 Å². The van der Waals surface area contributed by atoms with E-state index in [1.165, 1.54) is 5.56 Å². The van der Waals surface area contributed by atoms with Crippen LogP contribution in [0.1, 0.15) is 18.4 Å². The molecular formula is C11H16N2O2. The molecule has 0 saturated heterocycles. The molecule has 0 radical (unpaired) electrons. The second kappa shape index (κ2) is 6.95. The molecule has 1 amide bonds. The van der Waals surface area contributed by atoms with Gasteiger partial charge in [-0.1, -0.05) is 0 Å². The van der Waals surface area contributed by atoms with Crippen molar-refractivity contribution >= 4 is 5.91 Å². The maximum Gasteiger partial charge on any atom is 0.219 e. The lowest BCUT2D eigenvalue weighted by atomic mass is 10.1. The summed E-state index contributed by atoms with van der Waals surface area (Å²) in [6.07, 6.45) is 5.78. The van der Waals surface area contributed by atoms with E-state index in [1.807, 2.05) is 12.1 Å². The Kier molecular flexibility index (Phi) is 5.40. The van der Waals surface area contributed by atoms with E-state index in [1.54, 1.807) is 12.4 Å². The number of carbonyl (C=O) groups is 1. The summed E-state index contributed by atoms with van der Waals surface area (Å²) in [7, 11) is 0. The third-order valence-electron chi connectivity index (χ3n) is 2.00. The highest BCUT2D eigenvalue weighted by Crippen LogP contribution is 2.00. The molecule has 0 unspecified atom stereocenters. The molecule has 0 atom stereocenters. The van der Waals surface area contributed by atoms with Crippen LogP contribution in [0.3, 0.4) is 0 Å². The average molecular weight is 208 g/mol. The molecule has 0 aliphatic rings. The molecule has 0 spiro atoms. The molecule has 1 aromatic heterocycles. The van der Waals surface area contributed by atoms with Crippen LogP contribution in [0.25, 0.3) is 0 Å². The number of aryl methyl sites for hydroxylation is 1. The second-order valence-electron chi connectivity index (χ2n) is 3.29. The van der Waals surface area contributed by atoms with Crippen molar-refractivity contribution in [2.75, 3.05) is 13.2 Å². The fraction of sp³-hybridized carbons (Fsp3) is 0.455. The molecule has 2 N–H and O–H groups in total.